The SMILES string of the molecule is CCC1CNCCN1C(CN1CCC(C)CC1)c1cccs1. The lowest BCUT2D eigenvalue weighted by Gasteiger charge is -2.43. The zero-order valence-electron chi connectivity index (χ0n) is 14.1. The van der Waals surface area contributed by atoms with Gasteiger partial charge in [0.25, 0.3) is 0 Å². The molecule has 124 valence electrons. The Hall–Kier alpha value is -0.420. The summed E-state index contributed by atoms with van der Waals surface area (Å²) in [7, 11) is 0. The molecular weight excluding hydrogens is 290 g/mol. The van der Waals surface area contributed by atoms with Crippen molar-refractivity contribution >= 4 is 11.3 Å². The second-order valence-corrected chi connectivity index (χ2v) is 8.00. The summed E-state index contributed by atoms with van der Waals surface area (Å²) in [5, 5.41) is 5.81. The van der Waals surface area contributed by atoms with Gasteiger partial charge < -0.3 is 10.2 Å². The van der Waals surface area contributed by atoms with Gasteiger partial charge in [0.15, 0.2) is 0 Å². The fourth-order valence-electron chi connectivity index (χ4n) is 3.89. The van der Waals surface area contributed by atoms with Crippen LogP contribution in [-0.2, 0) is 0 Å². The molecule has 2 fully saturated rings. The average molecular weight is 322 g/mol. The Labute approximate surface area is 139 Å². The number of rotatable bonds is 5. The number of nitrogens with one attached hydrogen (secondary N) is 1. The van der Waals surface area contributed by atoms with E-state index in [9.17, 15) is 0 Å². The van der Waals surface area contributed by atoms with Crippen molar-refractivity contribution in [2.45, 2.75) is 45.2 Å². The molecule has 2 saturated heterocycles. The van der Waals surface area contributed by atoms with Crippen LogP contribution in [0.1, 0.15) is 44.0 Å². The Bertz CT molecular complexity index is 426. The molecule has 3 nitrogen and oxygen atoms in total. The molecule has 1 N–H and O–H groups in total. The van der Waals surface area contributed by atoms with Crippen LogP contribution in [0.4, 0.5) is 0 Å². The summed E-state index contributed by atoms with van der Waals surface area (Å²) in [6.45, 7) is 12.0. The number of likely N-dealkylation sites (tertiary alicyclic amines) is 1. The summed E-state index contributed by atoms with van der Waals surface area (Å²) in [6, 6.07) is 5.83. The van der Waals surface area contributed by atoms with E-state index in [1.807, 2.05) is 11.3 Å². The summed E-state index contributed by atoms with van der Waals surface area (Å²) in [5.74, 6) is 0.916. The number of thiophene rings is 1. The van der Waals surface area contributed by atoms with Gasteiger partial charge in [0.1, 0.15) is 0 Å². The third-order valence-electron chi connectivity index (χ3n) is 5.45. The lowest BCUT2D eigenvalue weighted by atomic mass is 9.98. The van der Waals surface area contributed by atoms with E-state index in [0.29, 0.717) is 12.1 Å². The lowest BCUT2D eigenvalue weighted by Crippen LogP contribution is -2.54. The molecule has 0 aromatic carbocycles. The van der Waals surface area contributed by atoms with Crippen LogP contribution in [0, 0.1) is 5.92 Å². The molecule has 0 amide bonds. The molecule has 2 atom stereocenters. The van der Waals surface area contributed by atoms with Gasteiger partial charge in [-0.25, -0.2) is 0 Å². The van der Waals surface area contributed by atoms with Crippen LogP contribution in [0.15, 0.2) is 17.5 Å². The molecule has 1 aromatic rings. The first-order valence-corrected chi connectivity index (χ1v) is 9.88. The van der Waals surface area contributed by atoms with Crippen LogP contribution in [0.3, 0.4) is 0 Å². The molecule has 1 aromatic heterocycles. The summed E-state index contributed by atoms with van der Waals surface area (Å²) in [4.78, 5) is 7.04. The number of hydrogen-bond acceptors (Lipinski definition) is 4. The van der Waals surface area contributed by atoms with Gasteiger partial charge in [-0.15, -0.1) is 11.3 Å². The summed E-state index contributed by atoms with van der Waals surface area (Å²) in [6.07, 6.45) is 3.98. The second kappa shape index (κ2) is 7.91. The van der Waals surface area contributed by atoms with Gasteiger partial charge in [0.2, 0.25) is 0 Å². The van der Waals surface area contributed by atoms with Crippen molar-refractivity contribution in [2.75, 3.05) is 39.3 Å². The zero-order valence-corrected chi connectivity index (χ0v) is 14.9. The van der Waals surface area contributed by atoms with Crippen molar-refractivity contribution in [1.29, 1.82) is 0 Å². The highest BCUT2D eigenvalue weighted by molar-refractivity contribution is 7.10. The number of piperazine rings is 1. The van der Waals surface area contributed by atoms with Crippen LogP contribution in [-0.4, -0.2) is 55.1 Å². The first-order valence-electron chi connectivity index (χ1n) is 9.00. The predicted molar refractivity (Wildman–Crippen MR) is 95.6 cm³/mol. The third kappa shape index (κ3) is 3.91. The molecule has 3 heterocycles. The summed E-state index contributed by atoms with van der Waals surface area (Å²) >= 11 is 1.94. The topological polar surface area (TPSA) is 18.5 Å². The van der Waals surface area contributed by atoms with Crippen LogP contribution >= 0.6 is 11.3 Å². The van der Waals surface area contributed by atoms with Crippen molar-refractivity contribution in [3.8, 4) is 0 Å². The molecular formula is C18H31N3S. The van der Waals surface area contributed by atoms with E-state index in [4.69, 9.17) is 0 Å². The third-order valence-corrected chi connectivity index (χ3v) is 6.42. The fraction of sp³-hybridized carbons (Fsp3) is 0.778. The van der Waals surface area contributed by atoms with E-state index in [0.717, 1.165) is 19.0 Å². The summed E-state index contributed by atoms with van der Waals surface area (Å²) in [5.41, 5.74) is 0. The van der Waals surface area contributed by atoms with E-state index in [2.05, 4.69) is 46.5 Å². The van der Waals surface area contributed by atoms with Crippen LogP contribution < -0.4 is 5.32 Å². The Balaban J connectivity index is 1.72. The van der Waals surface area contributed by atoms with E-state index >= 15 is 0 Å². The summed E-state index contributed by atoms with van der Waals surface area (Å²) < 4.78 is 0. The number of piperidine rings is 1. The monoisotopic (exact) mass is 321 g/mol. The lowest BCUT2D eigenvalue weighted by molar-refractivity contribution is 0.0657. The van der Waals surface area contributed by atoms with Gasteiger partial charge in [-0.3, -0.25) is 4.90 Å². The minimum absolute atomic E-state index is 0.584. The Morgan fingerprint density at radius 2 is 2.14 bits per heavy atom. The quantitative estimate of drug-likeness (QED) is 0.898. The van der Waals surface area contributed by atoms with Gasteiger partial charge >= 0.3 is 0 Å². The first-order chi connectivity index (χ1) is 10.8. The molecule has 4 heteroatoms. The zero-order chi connectivity index (χ0) is 15.4. The van der Waals surface area contributed by atoms with Gasteiger partial charge in [-0.1, -0.05) is 19.9 Å². The molecule has 3 rings (SSSR count). The van der Waals surface area contributed by atoms with Gasteiger partial charge in [0, 0.05) is 37.1 Å². The highest BCUT2D eigenvalue weighted by Gasteiger charge is 2.31. The van der Waals surface area contributed by atoms with Crippen LogP contribution in [0.5, 0.6) is 0 Å². The van der Waals surface area contributed by atoms with Crippen LogP contribution in [0.2, 0.25) is 0 Å². The van der Waals surface area contributed by atoms with E-state index in [-0.39, 0.29) is 0 Å². The minimum atomic E-state index is 0.584. The molecule has 22 heavy (non-hydrogen) atoms. The van der Waals surface area contributed by atoms with Gasteiger partial charge in [0.05, 0.1) is 6.04 Å². The molecule has 2 aliphatic heterocycles. The highest BCUT2D eigenvalue weighted by Crippen LogP contribution is 2.30. The first kappa shape index (κ1) is 16.4. The molecule has 0 bridgehead atoms. The molecule has 0 spiro atoms. The second-order valence-electron chi connectivity index (χ2n) is 7.02. The standard InChI is InChI=1S/C18H31N3S/c1-3-16-13-19-8-11-21(16)17(18-5-4-12-22-18)14-20-9-6-15(2)7-10-20/h4-5,12,15-17,19H,3,6-11,13-14H2,1-2H3. The normalized spacial score (nSPS) is 27.1. The Morgan fingerprint density at radius 3 is 2.82 bits per heavy atom. The smallest absolute Gasteiger partial charge is 0.0572 e. The van der Waals surface area contributed by atoms with E-state index in [1.54, 1.807) is 4.88 Å². The molecule has 2 aliphatic rings. The number of nitrogens with zero attached hydrogens (tertiary/aromatic N) is 2. The minimum Gasteiger partial charge on any atom is -0.314 e. The van der Waals surface area contributed by atoms with Gasteiger partial charge in [-0.05, 0) is 49.7 Å². The fourth-order valence-corrected chi connectivity index (χ4v) is 4.73. The van der Waals surface area contributed by atoms with Crippen molar-refractivity contribution in [3.63, 3.8) is 0 Å². The maximum absolute atomic E-state index is 3.57. The molecule has 0 aliphatic carbocycles. The van der Waals surface area contributed by atoms with Crippen molar-refractivity contribution in [3.05, 3.63) is 22.4 Å². The number of hydrogen-bond donors (Lipinski definition) is 1. The average Bonchev–Trinajstić information content (AvgIpc) is 3.08. The van der Waals surface area contributed by atoms with Crippen molar-refractivity contribution in [1.82, 2.24) is 15.1 Å². The van der Waals surface area contributed by atoms with E-state index < -0.39 is 0 Å². The predicted octanol–water partition coefficient (Wildman–Crippen LogP) is 3.20. The largest absolute Gasteiger partial charge is 0.314 e. The molecule has 2 unspecified atom stereocenters. The molecule has 0 radical (unpaired) electrons. The van der Waals surface area contributed by atoms with E-state index in [1.165, 1.54) is 45.4 Å². The highest BCUT2D eigenvalue weighted by atomic mass is 32.1. The van der Waals surface area contributed by atoms with Gasteiger partial charge in [-0.2, -0.15) is 0 Å². The maximum atomic E-state index is 3.57. The Kier molecular flexibility index (Phi) is 5.91. The van der Waals surface area contributed by atoms with Crippen LogP contribution in [0.25, 0.3) is 0 Å². The molecule has 0 saturated carbocycles. The Morgan fingerprint density at radius 1 is 1.32 bits per heavy atom. The van der Waals surface area contributed by atoms with Crippen molar-refractivity contribution in [2.24, 2.45) is 5.92 Å². The maximum Gasteiger partial charge on any atom is 0.0572 e. The van der Waals surface area contributed by atoms with Crippen molar-refractivity contribution < 1.29 is 0 Å².